The van der Waals surface area contributed by atoms with Gasteiger partial charge in [0.15, 0.2) is 5.69 Å². The predicted molar refractivity (Wildman–Crippen MR) is 70.4 cm³/mol. The van der Waals surface area contributed by atoms with Gasteiger partial charge in [0, 0.05) is 6.54 Å². The highest BCUT2D eigenvalue weighted by molar-refractivity contribution is 5.87. The number of nitrogens with zero attached hydrogens (tertiary/aromatic N) is 3. The average molecular weight is 281 g/mol. The molecule has 2 rings (SSSR count). The van der Waals surface area contributed by atoms with E-state index in [1.807, 2.05) is 6.92 Å². The lowest BCUT2D eigenvalue weighted by Crippen LogP contribution is -2.47. The van der Waals surface area contributed by atoms with Gasteiger partial charge >= 0.3 is 12.1 Å². The van der Waals surface area contributed by atoms with E-state index in [0.717, 1.165) is 0 Å². The highest BCUT2D eigenvalue weighted by Crippen LogP contribution is 2.22. The summed E-state index contributed by atoms with van der Waals surface area (Å²) in [6, 6.07) is -0.0757. The molecule has 0 fully saturated rings. The Morgan fingerprint density at radius 3 is 2.65 bits per heavy atom. The molecule has 0 aliphatic carbocycles. The second-order valence-electron chi connectivity index (χ2n) is 5.95. The van der Waals surface area contributed by atoms with Crippen molar-refractivity contribution in [2.45, 2.75) is 52.4 Å². The number of aromatic nitrogens is 2. The fourth-order valence-electron chi connectivity index (χ4n) is 2.17. The Kier molecular flexibility index (Phi) is 3.45. The van der Waals surface area contributed by atoms with Crippen molar-refractivity contribution in [2.75, 3.05) is 0 Å². The number of carbonyl (C=O) groups is 2. The number of carbonyl (C=O) groups excluding carboxylic acids is 1. The van der Waals surface area contributed by atoms with Gasteiger partial charge in [-0.05, 0) is 27.7 Å². The lowest BCUT2D eigenvalue weighted by Gasteiger charge is -2.35. The van der Waals surface area contributed by atoms with Crippen molar-refractivity contribution in [3.63, 3.8) is 0 Å². The van der Waals surface area contributed by atoms with Crippen LogP contribution in [0.2, 0.25) is 0 Å². The molecule has 1 atom stereocenters. The Labute approximate surface area is 117 Å². The van der Waals surface area contributed by atoms with Crippen LogP contribution in [-0.2, 0) is 17.8 Å². The molecule has 1 aliphatic rings. The van der Waals surface area contributed by atoms with Crippen molar-refractivity contribution in [1.82, 2.24) is 14.5 Å². The largest absolute Gasteiger partial charge is 0.476 e. The second-order valence-corrected chi connectivity index (χ2v) is 5.95. The summed E-state index contributed by atoms with van der Waals surface area (Å²) in [5.41, 5.74) is -0.0589. The summed E-state index contributed by atoms with van der Waals surface area (Å²) < 4.78 is 7.12. The molecule has 2 heterocycles. The van der Waals surface area contributed by atoms with E-state index in [-0.39, 0.29) is 18.3 Å². The maximum atomic E-state index is 12.2. The highest BCUT2D eigenvalue weighted by Gasteiger charge is 2.33. The minimum atomic E-state index is -1.09. The van der Waals surface area contributed by atoms with Gasteiger partial charge in [0.1, 0.15) is 5.60 Å². The van der Waals surface area contributed by atoms with E-state index in [9.17, 15) is 9.59 Å². The number of imidazole rings is 1. The number of carboxylic acids is 1. The fourth-order valence-corrected chi connectivity index (χ4v) is 2.17. The number of fused-ring (bicyclic) bond motifs is 1. The third-order valence-corrected chi connectivity index (χ3v) is 3.09. The third kappa shape index (κ3) is 2.76. The third-order valence-electron chi connectivity index (χ3n) is 3.09. The number of rotatable bonds is 1. The maximum Gasteiger partial charge on any atom is 0.410 e. The molecule has 0 unspecified atom stereocenters. The molecule has 110 valence electrons. The molecular weight excluding hydrogens is 262 g/mol. The first-order valence-electron chi connectivity index (χ1n) is 6.46. The van der Waals surface area contributed by atoms with E-state index in [0.29, 0.717) is 12.2 Å². The van der Waals surface area contributed by atoms with Crippen molar-refractivity contribution in [3.05, 3.63) is 17.7 Å². The van der Waals surface area contributed by atoms with Crippen molar-refractivity contribution in [2.24, 2.45) is 0 Å². The molecule has 7 heteroatoms. The van der Waals surface area contributed by atoms with E-state index in [1.54, 1.807) is 25.3 Å². The molecule has 1 aliphatic heterocycles. The van der Waals surface area contributed by atoms with Crippen LogP contribution in [0.15, 0.2) is 6.33 Å². The Morgan fingerprint density at radius 1 is 1.45 bits per heavy atom. The van der Waals surface area contributed by atoms with E-state index in [4.69, 9.17) is 9.84 Å². The Bertz CT molecular complexity index is 544. The van der Waals surface area contributed by atoms with E-state index in [1.165, 1.54) is 11.2 Å². The zero-order valence-corrected chi connectivity index (χ0v) is 12.1. The summed E-state index contributed by atoms with van der Waals surface area (Å²) >= 11 is 0. The molecule has 1 amide bonds. The smallest absolute Gasteiger partial charge is 0.410 e. The van der Waals surface area contributed by atoms with Crippen molar-refractivity contribution in [1.29, 1.82) is 0 Å². The van der Waals surface area contributed by atoms with Crippen molar-refractivity contribution >= 4 is 12.1 Å². The molecule has 0 radical (unpaired) electrons. The molecule has 7 nitrogen and oxygen atoms in total. The SMILES string of the molecule is C[C@H]1Cn2cnc(C(=O)O)c2CN1C(=O)OC(C)(C)C. The summed E-state index contributed by atoms with van der Waals surface area (Å²) in [6.07, 6.45) is 1.07. The molecule has 1 aromatic heterocycles. The van der Waals surface area contributed by atoms with Crippen LogP contribution in [0.4, 0.5) is 4.79 Å². The predicted octanol–water partition coefficient (Wildman–Crippen LogP) is 1.72. The lowest BCUT2D eigenvalue weighted by atomic mass is 10.1. The van der Waals surface area contributed by atoms with Gasteiger partial charge in [0.05, 0.1) is 24.6 Å². The van der Waals surface area contributed by atoms with Crippen molar-refractivity contribution in [3.8, 4) is 0 Å². The van der Waals surface area contributed by atoms with Crippen LogP contribution < -0.4 is 0 Å². The van der Waals surface area contributed by atoms with E-state index >= 15 is 0 Å². The standard InChI is InChI=1S/C13H19N3O4/c1-8-5-15-7-14-10(11(17)18)9(15)6-16(8)12(19)20-13(2,3)4/h7-8H,5-6H2,1-4H3,(H,17,18)/t8-/m0/s1. The number of ether oxygens (including phenoxy) is 1. The van der Waals surface area contributed by atoms with Crippen LogP contribution in [0.25, 0.3) is 0 Å². The molecule has 1 aromatic rings. The zero-order chi connectivity index (χ0) is 15.1. The Morgan fingerprint density at radius 2 is 2.10 bits per heavy atom. The molecule has 1 N–H and O–H groups in total. The van der Waals surface area contributed by atoms with Gasteiger partial charge in [-0.25, -0.2) is 14.6 Å². The van der Waals surface area contributed by atoms with Gasteiger partial charge in [-0.2, -0.15) is 0 Å². The zero-order valence-electron chi connectivity index (χ0n) is 12.1. The van der Waals surface area contributed by atoms with Crippen LogP contribution in [0.3, 0.4) is 0 Å². The first-order chi connectivity index (χ1) is 9.19. The van der Waals surface area contributed by atoms with Gasteiger partial charge < -0.3 is 14.4 Å². The van der Waals surface area contributed by atoms with Crippen LogP contribution >= 0.6 is 0 Å². The molecular formula is C13H19N3O4. The fraction of sp³-hybridized carbons (Fsp3) is 0.615. The van der Waals surface area contributed by atoms with Crippen LogP contribution in [-0.4, -0.2) is 43.3 Å². The topological polar surface area (TPSA) is 84.7 Å². The van der Waals surface area contributed by atoms with Gasteiger partial charge in [0.2, 0.25) is 0 Å². The average Bonchev–Trinajstić information content (AvgIpc) is 2.67. The summed E-state index contributed by atoms with van der Waals surface area (Å²) in [6.45, 7) is 7.99. The van der Waals surface area contributed by atoms with Crippen LogP contribution in [0.5, 0.6) is 0 Å². The summed E-state index contributed by atoms with van der Waals surface area (Å²) in [5, 5.41) is 9.10. The second kappa shape index (κ2) is 4.81. The number of carboxylic acid groups (broad SMARTS) is 1. The summed E-state index contributed by atoms with van der Waals surface area (Å²) in [7, 11) is 0. The highest BCUT2D eigenvalue weighted by atomic mass is 16.6. The maximum absolute atomic E-state index is 12.2. The Balaban J connectivity index is 2.24. The molecule has 0 aromatic carbocycles. The van der Waals surface area contributed by atoms with Crippen LogP contribution in [0.1, 0.15) is 43.9 Å². The lowest BCUT2D eigenvalue weighted by molar-refractivity contribution is 0.00955. The minimum Gasteiger partial charge on any atom is -0.476 e. The molecule has 0 saturated carbocycles. The normalized spacial score (nSPS) is 18.6. The van der Waals surface area contributed by atoms with Gasteiger partial charge in [0.25, 0.3) is 0 Å². The van der Waals surface area contributed by atoms with Gasteiger partial charge in [-0.15, -0.1) is 0 Å². The summed E-state index contributed by atoms with van der Waals surface area (Å²) in [5.74, 6) is -1.09. The van der Waals surface area contributed by atoms with Gasteiger partial charge in [-0.3, -0.25) is 4.90 Å². The number of hydrogen-bond donors (Lipinski definition) is 1. The quantitative estimate of drug-likeness (QED) is 0.847. The van der Waals surface area contributed by atoms with Crippen molar-refractivity contribution < 1.29 is 19.4 Å². The van der Waals surface area contributed by atoms with E-state index < -0.39 is 17.7 Å². The number of amides is 1. The monoisotopic (exact) mass is 281 g/mol. The van der Waals surface area contributed by atoms with E-state index in [2.05, 4.69) is 4.98 Å². The molecule has 0 bridgehead atoms. The molecule has 20 heavy (non-hydrogen) atoms. The first kappa shape index (κ1) is 14.4. The number of hydrogen-bond acceptors (Lipinski definition) is 4. The number of aromatic carboxylic acids is 1. The molecule has 0 spiro atoms. The molecule has 0 saturated heterocycles. The minimum absolute atomic E-state index is 0.00883. The first-order valence-corrected chi connectivity index (χ1v) is 6.46. The van der Waals surface area contributed by atoms with Crippen LogP contribution in [0, 0.1) is 0 Å². The van der Waals surface area contributed by atoms with Gasteiger partial charge in [-0.1, -0.05) is 0 Å². The summed E-state index contributed by atoms with van der Waals surface area (Å²) in [4.78, 5) is 28.7. The Hall–Kier alpha value is -2.05.